The molecule has 0 amide bonds. The van der Waals surface area contributed by atoms with Gasteiger partial charge >= 0.3 is 0 Å². The molecule has 11 nitrogen and oxygen atoms in total. The Morgan fingerprint density at radius 2 is 0.802 bits per heavy atom. The van der Waals surface area contributed by atoms with Gasteiger partial charge < -0.3 is 32.5 Å². The molecule has 0 aliphatic rings. The van der Waals surface area contributed by atoms with Crippen molar-refractivity contribution >= 4 is 0 Å². The van der Waals surface area contributed by atoms with Crippen LogP contribution in [-0.2, 0) is 91.6 Å². The monoisotopic (exact) mass is 1270 g/mol. The van der Waals surface area contributed by atoms with Crippen LogP contribution in [0.3, 0.4) is 0 Å². The van der Waals surface area contributed by atoms with Gasteiger partial charge in [-0.2, -0.15) is 0 Å². The quantitative estimate of drug-likeness (QED) is 0.0517. The van der Waals surface area contributed by atoms with E-state index in [4.69, 9.17) is 15.3 Å². The minimum Gasteiger partial charge on any atom is -0.421 e. The Morgan fingerprint density at radius 3 is 1.14 bits per heavy atom. The van der Waals surface area contributed by atoms with Gasteiger partial charge in [-0.3, -0.25) is 0 Å². The van der Waals surface area contributed by atoms with E-state index in [1.807, 2.05) is 6.07 Å². The molecule has 0 aliphatic heterocycles. The molecule has 2 radical (unpaired) electrons. The molecular formula is C68H114N6O5Y2+2. The summed E-state index contributed by atoms with van der Waals surface area (Å²) in [7, 11) is 3.00. The first-order valence-corrected chi connectivity index (χ1v) is 28.9. The predicted molar refractivity (Wildman–Crippen MR) is 332 cm³/mol. The predicted octanol–water partition coefficient (Wildman–Crippen LogP) is 13.4. The number of imidazole rings is 3. The van der Waals surface area contributed by atoms with Gasteiger partial charge in [-0.25, -0.2) is 27.4 Å². The molecule has 5 N–H and O–H groups in total. The van der Waals surface area contributed by atoms with E-state index in [1.165, 1.54) is 75.3 Å². The third kappa shape index (κ3) is 23.2. The third-order valence-corrected chi connectivity index (χ3v) is 15.0. The normalized spacial score (nSPS) is 12.8. The van der Waals surface area contributed by atoms with E-state index in [-0.39, 0.29) is 87.1 Å². The molecule has 0 saturated heterocycles. The number of hydrogen-bond acceptors (Lipinski definition) is 5. The Balaban J connectivity index is 0. The van der Waals surface area contributed by atoms with Crippen molar-refractivity contribution in [3.05, 3.63) is 132 Å². The number of hydrogen-bond donors (Lipinski definition) is 5. The molecular weight excluding hydrogens is 1160 g/mol. The Hall–Kier alpha value is -2.70. The van der Waals surface area contributed by atoms with E-state index in [1.54, 1.807) is 0 Å². The molecule has 13 heteroatoms. The van der Waals surface area contributed by atoms with Crippen LogP contribution in [-0.4, -0.2) is 72.8 Å². The molecule has 0 spiro atoms. The van der Waals surface area contributed by atoms with E-state index >= 15 is 0 Å². The van der Waals surface area contributed by atoms with Crippen LogP contribution in [0.4, 0.5) is 0 Å². The van der Waals surface area contributed by atoms with Crippen LogP contribution in [0.15, 0.2) is 91.0 Å². The molecule has 0 saturated carbocycles. The van der Waals surface area contributed by atoms with Crippen LogP contribution in [0.25, 0.3) is 34.2 Å². The van der Waals surface area contributed by atoms with Gasteiger partial charge in [-0.05, 0) is 73.1 Å². The van der Waals surface area contributed by atoms with Gasteiger partial charge in [-0.1, -0.05) is 164 Å². The summed E-state index contributed by atoms with van der Waals surface area (Å²) in [6.45, 7) is 53.9. The Morgan fingerprint density at radius 1 is 0.469 bits per heavy atom. The van der Waals surface area contributed by atoms with Crippen LogP contribution in [0.2, 0.25) is 0 Å². The van der Waals surface area contributed by atoms with Crippen molar-refractivity contribution in [1.82, 2.24) is 13.7 Å². The summed E-state index contributed by atoms with van der Waals surface area (Å²) in [4.78, 5) is 0. The van der Waals surface area contributed by atoms with Crippen molar-refractivity contribution in [2.24, 2.45) is 21.7 Å². The number of rotatable bonds is 15. The number of aliphatic hydroxyl groups is 5. The van der Waals surface area contributed by atoms with Crippen molar-refractivity contribution in [3.63, 3.8) is 0 Å². The average molecular weight is 1270 g/mol. The second kappa shape index (κ2) is 37.0. The number of benzene rings is 3. The SMILES string of the molecule is CCCC.CO.CO.CO.Cc1c(C)[n+](CC(O)C[n+]2c(C)c(C)n(C(CC(C)(C)C)C(C)(C)C)c2-c2ccccc2)c(-c2ccccc2)n1CCC(C)(C)C.[CH2-]C(O)C[n+]1c(C)c(C)n(C(C)C(C)(C)C)c1-c1ccccc1.[Y].[Y]. The molecule has 6 aromatic rings. The van der Waals surface area contributed by atoms with Crippen LogP contribution in [0.1, 0.15) is 176 Å². The molecule has 3 heterocycles. The van der Waals surface area contributed by atoms with Crippen molar-refractivity contribution in [1.29, 1.82) is 0 Å². The van der Waals surface area contributed by atoms with Crippen LogP contribution in [0.5, 0.6) is 0 Å². The molecule has 0 bridgehead atoms. The van der Waals surface area contributed by atoms with Gasteiger partial charge in [0, 0.05) is 139 Å². The molecule has 0 fully saturated rings. The maximum Gasteiger partial charge on any atom is 0.289 e. The zero-order chi connectivity index (χ0) is 61.0. The van der Waals surface area contributed by atoms with E-state index < -0.39 is 12.2 Å². The fraction of sp³-hybridized carbons (Fsp3) is 0.588. The van der Waals surface area contributed by atoms with Gasteiger partial charge in [0.15, 0.2) is 0 Å². The maximum atomic E-state index is 12.0. The number of nitrogens with zero attached hydrogens (tertiary/aromatic N) is 6. The maximum absolute atomic E-state index is 12.0. The molecule has 6 rings (SSSR count). The van der Waals surface area contributed by atoms with Gasteiger partial charge in [0.2, 0.25) is 0 Å². The van der Waals surface area contributed by atoms with Gasteiger partial charge in [0.1, 0.15) is 65.4 Å². The molecule has 4 atom stereocenters. The van der Waals surface area contributed by atoms with Crippen LogP contribution < -0.4 is 13.7 Å². The fourth-order valence-corrected chi connectivity index (χ4v) is 9.84. The Bertz CT molecular complexity index is 2660. The summed E-state index contributed by atoms with van der Waals surface area (Å²) in [6.07, 6.45) is 3.57. The second-order valence-corrected chi connectivity index (χ2v) is 25.6. The van der Waals surface area contributed by atoms with Crippen molar-refractivity contribution < 1.29 is 105 Å². The molecule has 3 aromatic heterocycles. The first-order valence-electron chi connectivity index (χ1n) is 28.9. The summed E-state index contributed by atoms with van der Waals surface area (Å²) in [5.74, 6) is 3.50. The van der Waals surface area contributed by atoms with E-state index in [0.29, 0.717) is 31.7 Å². The molecule has 4 unspecified atom stereocenters. The van der Waals surface area contributed by atoms with Crippen LogP contribution in [0, 0.1) is 70.1 Å². The van der Waals surface area contributed by atoms with Crippen molar-refractivity contribution in [2.45, 2.75) is 222 Å². The van der Waals surface area contributed by atoms with Crippen LogP contribution >= 0.6 is 0 Å². The zero-order valence-electron chi connectivity index (χ0n) is 55.4. The van der Waals surface area contributed by atoms with E-state index in [9.17, 15) is 10.2 Å². The summed E-state index contributed by atoms with van der Waals surface area (Å²) in [6, 6.07) is 32.5. The standard InChI is InChI=1S/C41H62N4O.C20H30N2O.C4H10.3CH4O.2Y/c1-29-30(2)43(37(33-20-16-14-17-21-33)42(29)25-24-39(5,6)7)27-35(46)28-44-31(3)32(4)45(38(44)34-22-18-15-19-23-34)36(41(11,12)13)26-40(8,9)10;1-14(23)13-21-15(2)16(3)22(17(4)20(5,6)7)19(21)18-11-9-8-10-12-18;1-3-4-2;3*1-2;;/h14-23,35-36,46H,24-28H2,1-13H3;8-12,14,17,23H,1,13H2,2-7H3;3-4H2,1-2H3;3*2H,1H3;;/q+2;;;;;;;. The summed E-state index contributed by atoms with van der Waals surface area (Å²) in [5, 5.41) is 42.9. The fourth-order valence-electron chi connectivity index (χ4n) is 9.84. The number of unbranched alkanes of at least 4 members (excludes halogenated alkanes) is 1. The second-order valence-electron chi connectivity index (χ2n) is 25.6. The summed E-state index contributed by atoms with van der Waals surface area (Å²) < 4.78 is 14.4. The molecule has 450 valence electrons. The molecule has 0 aliphatic carbocycles. The Labute approximate surface area is 544 Å². The summed E-state index contributed by atoms with van der Waals surface area (Å²) in [5.41, 5.74) is 11.5. The van der Waals surface area contributed by atoms with E-state index in [0.717, 1.165) is 46.5 Å². The summed E-state index contributed by atoms with van der Waals surface area (Å²) >= 11 is 0. The van der Waals surface area contributed by atoms with Gasteiger partial charge in [-0.15, -0.1) is 0 Å². The van der Waals surface area contributed by atoms with Gasteiger partial charge in [0.25, 0.3) is 17.5 Å². The van der Waals surface area contributed by atoms with Gasteiger partial charge in [0.05, 0.1) is 29.8 Å². The molecule has 81 heavy (non-hydrogen) atoms. The number of aromatic nitrogens is 6. The topological polar surface area (TPSA) is 128 Å². The van der Waals surface area contributed by atoms with Crippen molar-refractivity contribution in [2.75, 3.05) is 21.3 Å². The smallest absolute Gasteiger partial charge is 0.289 e. The van der Waals surface area contributed by atoms with E-state index in [2.05, 4.69) is 265 Å². The Kier molecular flexibility index (Phi) is 36.7. The average Bonchev–Trinajstić information content (AvgIpc) is 3.89. The first-order chi connectivity index (χ1) is 36.9. The van der Waals surface area contributed by atoms with Crippen molar-refractivity contribution in [3.8, 4) is 34.2 Å². The molecule has 3 aromatic carbocycles. The largest absolute Gasteiger partial charge is 0.421 e. The third-order valence-electron chi connectivity index (χ3n) is 15.0. The number of aliphatic hydroxyl groups excluding tert-OH is 5. The zero-order valence-corrected chi connectivity index (χ0v) is 61.1. The minimum atomic E-state index is -0.624. The minimum absolute atomic E-state index is 0. The first kappa shape index (κ1) is 80.4.